The van der Waals surface area contributed by atoms with E-state index < -0.39 is 0 Å². The van der Waals surface area contributed by atoms with Crippen molar-refractivity contribution in [3.8, 4) is 0 Å². The van der Waals surface area contributed by atoms with Gasteiger partial charge in [-0.25, -0.2) is 0 Å². The Morgan fingerprint density at radius 3 is 2.38 bits per heavy atom. The van der Waals surface area contributed by atoms with Crippen LogP contribution >= 0.6 is 45.8 Å². The first-order valence-corrected chi connectivity index (χ1v) is 6.42. The molecule has 1 N–H and O–H groups in total. The highest BCUT2D eigenvalue weighted by Gasteiger charge is 2.05. The Kier molecular flexibility index (Phi) is 4.00. The fourth-order valence-corrected chi connectivity index (χ4v) is 2.28. The van der Waals surface area contributed by atoms with E-state index in [4.69, 9.17) is 27.6 Å². The molecular formula is C11H8Cl2INO. The standard InChI is InChI=1S/C11H8Cl2INO/c12-8-2-1-3-9(13)11(8)15-6-7-4-5-10(14)16-7/h1-5,15H,6H2. The summed E-state index contributed by atoms with van der Waals surface area (Å²) in [7, 11) is 0. The summed E-state index contributed by atoms with van der Waals surface area (Å²) in [5.41, 5.74) is 0.734. The number of furan rings is 1. The average molecular weight is 368 g/mol. The molecule has 0 aliphatic carbocycles. The Hall–Kier alpha value is -0.390. The normalized spacial score (nSPS) is 10.4. The van der Waals surface area contributed by atoms with E-state index in [1.807, 2.05) is 18.2 Å². The van der Waals surface area contributed by atoms with Crippen molar-refractivity contribution >= 4 is 51.5 Å². The molecule has 16 heavy (non-hydrogen) atoms. The molecule has 0 spiro atoms. The minimum absolute atomic E-state index is 0.562. The van der Waals surface area contributed by atoms with Crippen LogP contribution in [0.5, 0.6) is 0 Å². The van der Waals surface area contributed by atoms with Gasteiger partial charge in [-0.05, 0) is 46.9 Å². The van der Waals surface area contributed by atoms with Crippen LogP contribution in [0.15, 0.2) is 34.7 Å². The molecule has 0 saturated heterocycles. The molecule has 5 heteroatoms. The van der Waals surface area contributed by atoms with Gasteiger partial charge in [0, 0.05) is 0 Å². The maximum Gasteiger partial charge on any atom is 0.164 e. The van der Waals surface area contributed by atoms with Crippen molar-refractivity contribution in [3.05, 3.63) is 49.9 Å². The molecule has 2 rings (SSSR count). The summed E-state index contributed by atoms with van der Waals surface area (Å²) < 4.78 is 6.28. The molecule has 1 aromatic heterocycles. The average Bonchev–Trinajstić information content (AvgIpc) is 2.63. The van der Waals surface area contributed by atoms with Gasteiger partial charge in [0.05, 0.1) is 22.3 Å². The highest BCUT2D eigenvalue weighted by molar-refractivity contribution is 14.1. The Balaban J connectivity index is 2.10. The van der Waals surface area contributed by atoms with E-state index in [9.17, 15) is 0 Å². The number of hydrogen-bond acceptors (Lipinski definition) is 2. The van der Waals surface area contributed by atoms with Crippen LogP contribution in [0.1, 0.15) is 5.76 Å². The topological polar surface area (TPSA) is 25.2 Å². The Bertz CT molecular complexity index is 478. The lowest BCUT2D eigenvalue weighted by molar-refractivity contribution is 0.493. The van der Waals surface area contributed by atoms with Crippen LogP contribution in [0.25, 0.3) is 0 Å². The van der Waals surface area contributed by atoms with Gasteiger partial charge in [-0.1, -0.05) is 29.3 Å². The summed E-state index contributed by atoms with van der Waals surface area (Å²) in [6, 6.07) is 9.22. The van der Waals surface area contributed by atoms with Crippen molar-refractivity contribution in [2.24, 2.45) is 0 Å². The monoisotopic (exact) mass is 367 g/mol. The van der Waals surface area contributed by atoms with Crippen molar-refractivity contribution in [1.82, 2.24) is 0 Å². The van der Waals surface area contributed by atoms with Gasteiger partial charge in [0.1, 0.15) is 5.76 Å². The minimum atomic E-state index is 0.562. The quantitative estimate of drug-likeness (QED) is 0.788. The summed E-state index contributed by atoms with van der Waals surface area (Å²) >= 11 is 14.2. The molecule has 1 aromatic carbocycles. The zero-order valence-corrected chi connectivity index (χ0v) is 11.8. The van der Waals surface area contributed by atoms with Gasteiger partial charge in [-0.3, -0.25) is 0 Å². The number of halogens is 3. The van der Waals surface area contributed by atoms with E-state index in [-0.39, 0.29) is 0 Å². The summed E-state index contributed by atoms with van der Waals surface area (Å²) in [6.45, 7) is 0.562. The lowest BCUT2D eigenvalue weighted by atomic mass is 10.3. The minimum Gasteiger partial charge on any atom is -0.454 e. The largest absolute Gasteiger partial charge is 0.454 e. The molecule has 0 radical (unpaired) electrons. The number of anilines is 1. The molecule has 0 aliphatic heterocycles. The molecule has 2 aromatic rings. The van der Waals surface area contributed by atoms with E-state index in [1.165, 1.54) is 0 Å². The number of para-hydroxylation sites is 1. The fourth-order valence-electron chi connectivity index (χ4n) is 1.29. The third kappa shape index (κ3) is 2.84. The highest BCUT2D eigenvalue weighted by atomic mass is 127. The Morgan fingerprint density at radius 2 is 1.81 bits per heavy atom. The second-order valence-electron chi connectivity index (χ2n) is 3.16. The van der Waals surface area contributed by atoms with E-state index in [1.54, 1.807) is 12.1 Å². The lowest BCUT2D eigenvalue weighted by Gasteiger charge is -2.08. The van der Waals surface area contributed by atoms with Crippen molar-refractivity contribution < 1.29 is 4.42 Å². The third-order valence-electron chi connectivity index (χ3n) is 2.03. The zero-order valence-electron chi connectivity index (χ0n) is 8.14. The van der Waals surface area contributed by atoms with Gasteiger partial charge in [-0.15, -0.1) is 0 Å². The Labute approximate surface area is 117 Å². The van der Waals surface area contributed by atoms with Gasteiger partial charge in [-0.2, -0.15) is 0 Å². The maximum absolute atomic E-state index is 6.02. The smallest absolute Gasteiger partial charge is 0.164 e. The SMILES string of the molecule is Clc1cccc(Cl)c1NCc1ccc(I)o1. The van der Waals surface area contributed by atoms with Gasteiger partial charge >= 0.3 is 0 Å². The van der Waals surface area contributed by atoms with Crippen LogP contribution in [0.3, 0.4) is 0 Å². The van der Waals surface area contributed by atoms with Crippen LogP contribution in [0, 0.1) is 3.77 Å². The molecule has 0 bridgehead atoms. The van der Waals surface area contributed by atoms with E-state index in [0.29, 0.717) is 16.6 Å². The highest BCUT2D eigenvalue weighted by Crippen LogP contribution is 2.30. The molecule has 84 valence electrons. The first-order chi connectivity index (χ1) is 7.66. The van der Waals surface area contributed by atoms with Gasteiger partial charge < -0.3 is 9.73 Å². The fraction of sp³-hybridized carbons (Fsp3) is 0.0909. The second kappa shape index (κ2) is 5.29. The summed E-state index contributed by atoms with van der Waals surface area (Å²) in [5, 5.41) is 4.36. The van der Waals surface area contributed by atoms with Gasteiger partial charge in [0.15, 0.2) is 3.77 Å². The van der Waals surface area contributed by atoms with Crippen molar-refractivity contribution in [2.75, 3.05) is 5.32 Å². The van der Waals surface area contributed by atoms with Crippen molar-refractivity contribution in [2.45, 2.75) is 6.54 Å². The number of benzene rings is 1. The summed E-state index contributed by atoms with van der Waals surface area (Å²) in [4.78, 5) is 0. The van der Waals surface area contributed by atoms with Gasteiger partial charge in [0.2, 0.25) is 0 Å². The summed E-state index contributed by atoms with van der Waals surface area (Å²) in [5.74, 6) is 0.848. The van der Waals surface area contributed by atoms with Crippen LogP contribution in [0.2, 0.25) is 10.0 Å². The van der Waals surface area contributed by atoms with E-state index in [0.717, 1.165) is 15.2 Å². The number of rotatable bonds is 3. The molecule has 1 heterocycles. The van der Waals surface area contributed by atoms with E-state index >= 15 is 0 Å². The molecule has 0 unspecified atom stereocenters. The zero-order chi connectivity index (χ0) is 11.5. The lowest BCUT2D eigenvalue weighted by Crippen LogP contribution is -1.99. The van der Waals surface area contributed by atoms with Gasteiger partial charge in [0.25, 0.3) is 0 Å². The first kappa shape index (κ1) is 12.1. The third-order valence-corrected chi connectivity index (χ3v) is 3.24. The number of hydrogen-bond donors (Lipinski definition) is 1. The van der Waals surface area contributed by atoms with Crippen molar-refractivity contribution in [1.29, 1.82) is 0 Å². The maximum atomic E-state index is 6.02. The van der Waals surface area contributed by atoms with Crippen LogP contribution in [-0.2, 0) is 6.54 Å². The predicted molar refractivity (Wildman–Crippen MR) is 75.2 cm³/mol. The summed E-state index contributed by atoms with van der Waals surface area (Å²) in [6.07, 6.45) is 0. The molecular weight excluding hydrogens is 360 g/mol. The van der Waals surface area contributed by atoms with Crippen LogP contribution in [-0.4, -0.2) is 0 Å². The molecule has 0 atom stereocenters. The molecule has 0 saturated carbocycles. The molecule has 0 aliphatic rings. The molecule has 0 fully saturated rings. The second-order valence-corrected chi connectivity index (χ2v) is 5.03. The first-order valence-electron chi connectivity index (χ1n) is 4.59. The molecule has 2 nitrogen and oxygen atoms in total. The Morgan fingerprint density at radius 1 is 1.12 bits per heavy atom. The number of nitrogens with one attached hydrogen (secondary N) is 1. The molecule has 0 amide bonds. The van der Waals surface area contributed by atoms with Crippen LogP contribution < -0.4 is 5.32 Å². The van der Waals surface area contributed by atoms with Crippen LogP contribution in [0.4, 0.5) is 5.69 Å². The van der Waals surface area contributed by atoms with Crippen molar-refractivity contribution in [3.63, 3.8) is 0 Å². The van der Waals surface area contributed by atoms with E-state index in [2.05, 4.69) is 27.9 Å². The predicted octanol–water partition coefficient (Wildman–Crippen LogP) is 4.80.